The number of carbonyl (C=O) groups is 1. The fourth-order valence-electron chi connectivity index (χ4n) is 1.05. The lowest BCUT2D eigenvalue weighted by atomic mass is 10.1. The van der Waals surface area contributed by atoms with Crippen molar-refractivity contribution in [3.05, 3.63) is 42.2 Å². The lowest BCUT2D eigenvalue weighted by Crippen LogP contribution is -2.08. The number of rotatable bonds is 4. The fraction of sp³-hybridized carbons (Fsp3) is 0.273. The summed E-state index contributed by atoms with van der Waals surface area (Å²) in [6.07, 6.45) is 3.90. The zero-order valence-corrected chi connectivity index (χ0v) is 8.19. The monoisotopic (exact) mass is 191 g/mol. The number of hydrogen-bond donors (Lipinski definition) is 0. The summed E-state index contributed by atoms with van der Waals surface area (Å²) in [6, 6.07) is 3.73. The minimum atomic E-state index is -0.337. The number of aromatic nitrogens is 1. The van der Waals surface area contributed by atoms with E-state index in [9.17, 15) is 4.79 Å². The van der Waals surface area contributed by atoms with Crippen molar-refractivity contribution in [1.29, 1.82) is 0 Å². The van der Waals surface area contributed by atoms with Crippen LogP contribution in [0, 0.1) is 0 Å². The second-order valence-electron chi connectivity index (χ2n) is 2.86. The van der Waals surface area contributed by atoms with Gasteiger partial charge < -0.3 is 4.74 Å². The second-order valence-corrected chi connectivity index (χ2v) is 2.86. The van der Waals surface area contributed by atoms with Crippen LogP contribution in [0.15, 0.2) is 36.7 Å². The molecule has 0 aliphatic carbocycles. The first-order chi connectivity index (χ1) is 6.74. The minimum Gasteiger partial charge on any atom is -0.463 e. The Hall–Kier alpha value is -1.64. The summed E-state index contributed by atoms with van der Waals surface area (Å²) < 4.78 is 4.82. The normalized spacial score (nSPS) is 9.50. The van der Waals surface area contributed by atoms with E-state index in [1.807, 2.05) is 12.1 Å². The van der Waals surface area contributed by atoms with Crippen molar-refractivity contribution in [3.63, 3.8) is 0 Å². The standard InChI is InChI=1S/C11H13NO2/c1-3-14-11(13)9(2)7-10-5-4-6-12-8-10/h4-6,8H,2-3,7H2,1H3. The highest BCUT2D eigenvalue weighted by atomic mass is 16.5. The van der Waals surface area contributed by atoms with Crippen LogP contribution in [0.2, 0.25) is 0 Å². The van der Waals surface area contributed by atoms with Gasteiger partial charge in [-0.1, -0.05) is 12.6 Å². The number of carbonyl (C=O) groups excluding carboxylic acids is 1. The quantitative estimate of drug-likeness (QED) is 0.537. The lowest BCUT2D eigenvalue weighted by Gasteiger charge is -2.04. The highest BCUT2D eigenvalue weighted by molar-refractivity contribution is 5.88. The smallest absolute Gasteiger partial charge is 0.333 e. The van der Waals surface area contributed by atoms with Gasteiger partial charge in [0.1, 0.15) is 0 Å². The Kier molecular flexibility index (Phi) is 3.85. The molecule has 14 heavy (non-hydrogen) atoms. The van der Waals surface area contributed by atoms with Gasteiger partial charge in [0, 0.05) is 24.4 Å². The van der Waals surface area contributed by atoms with Gasteiger partial charge in [0.25, 0.3) is 0 Å². The highest BCUT2D eigenvalue weighted by Gasteiger charge is 2.07. The summed E-state index contributed by atoms with van der Waals surface area (Å²) in [5, 5.41) is 0. The average molecular weight is 191 g/mol. The number of hydrogen-bond acceptors (Lipinski definition) is 3. The van der Waals surface area contributed by atoms with Crippen molar-refractivity contribution in [2.75, 3.05) is 6.61 Å². The van der Waals surface area contributed by atoms with Gasteiger partial charge in [-0.2, -0.15) is 0 Å². The summed E-state index contributed by atoms with van der Waals surface area (Å²) in [5.74, 6) is -0.337. The van der Waals surface area contributed by atoms with E-state index >= 15 is 0 Å². The molecule has 74 valence electrons. The molecule has 0 aliphatic rings. The van der Waals surface area contributed by atoms with Crippen LogP contribution < -0.4 is 0 Å². The number of pyridine rings is 1. The molecule has 0 aromatic carbocycles. The molecule has 0 amide bonds. The molecule has 0 fully saturated rings. The van der Waals surface area contributed by atoms with E-state index in [1.54, 1.807) is 19.3 Å². The van der Waals surface area contributed by atoms with Crippen LogP contribution in [-0.2, 0) is 16.0 Å². The van der Waals surface area contributed by atoms with Gasteiger partial charge >= 0.3 is 5.97 Å². The number of nitrogens with zero attached hydrogens (tertiary/aromatic N) is 1. The molecule has 0 radical (unpaired) electrons. The predicted octanol–water partition coefficient (Wildman–Crippen LogP) is 1.74. The van der Waals surface area contributed by atoms with Gasteiger partial charge in [-0.25, -0.2) is 4.79 Å². The molecule has 0 spiro atoms. The molecule has 1 rings (SSSR count). The van der Waals surface area contributed by atoms with Crippen LogP contribution in [0.25, 0.3) is 0 Å². The van der Waals surface area contributed by atoms with Crippen LogP contribution in [0.3, 0.4) is 0 Å². The van der Waals surface area contributed by atoms with E-state index in [2.05, 4.69) is 11.6 Å². The van der Waals surface area contributed by atoms with E-state index in [1.165, 1.54) is 0 Å². The van der Waals surface area contributed by atoms with Gasteiger partial charge in [0.05, 0.1) is 6.61 Å². The van der Waals surface area contributed by atoms with Crippen molar-refractivity contribution in [1.82, 2.24) is 4.98 Å². The predicted molar refractivity (Wildman–Crippen MR) is 53.7 cm³/mol. The highest BCUT2D eigenvalue weighted by Crippen LogP contribution is 2.06. The third-order valence-corrected chi connectivity index (χ3v) is 1.70. The van der Waals surface area contributed by atoms with Crippen LogP contribution in [-0.4, -0.2) is 17.6 Å². The second kappa shape index (κ2) is 5.17. The molecule has 3 heteroatoms. The van der Waals surface area contributed by atoms with E-state index in [0.29, 0.717) is 18.6 Å². The molecule has 1 aromatic rings. The van der Waals surface area contributed by atoms with Crippen molar-refractivity contribution < 1.29 is 9.53 Å². The Morgan fingerprint density at radius 2 is 2.43 bits per heavy atom. The third kappa shape index (κ3) is 3.01. The minimum absolute atomic E-state index is 0.337. The summed E-state index contributed by atoms with van der Waals surface area (Å²) in [6.45, 7) is 5.82. The molecular formula is C11H13NO2. The van der Waals surface area contributed by atoms with Crippen molar-refractivity contribution in [3.8, 4) is 0 Å². The molecule has 0 unspecified atom stereocenters. The van der Waals surface area contributed by atoms with Gasteiger partial charge in [0.2, 0.25) is 0 Å². The lowest BCUT2D eigenvalue weighted by molar-refractivity contribution is -0.138. The molecular weight excluding hydrogens is 178 g/mol. The maximum Gasteiger partial charge on any atom is 0.333 e. The third-order valence-electron chi connectivity index (χ3n) is 1.70. The zero-order chi connectivity index (χ0) is 10.4. The molecule has 0 saturated carbocycles. The van der Waals surface area contributed by atoms with Gasteiger partial charge in [-0.3, -0.25) is 4.98 Å². The topological polar surface area (TPSA) is 39.2 Å². The van der Waals surface area contributed by atoms with E-state index in [-0.39, 0.29) is 5.97 Å². The van der Waals surface area contributed by atoms with E-state index in [4.69, 9.17) is 4.74 Å². The molecule has 0 atom stereocenters. The van der Waals surface area contributed by atoms with E-state index in [0.717, 1.165) is 5.56 Å². The van der Waals surface area contributed by atoms with Crippen LogP contribution in [0.5, 0.6) is 0 Å². The zero-order valence-electron chi connectivity index (χ0n) is 8.19. The molecule has 1 aromatic heterocycles. The first-order valence-corrected chi connectivity index (χ1v) is 4.48. The maximum atomic E-state index is 11.2. The largest absolute Gasteiger partial charge is 0.463 e. The molecule has 0 N–H and O–H groups in total. The molecule has 0 bridgehead atoms. The summed E-state index contributed by atoms with van der Waals surface area (Å²) >= 11 is 0. The SMILES string of the molecule is C=C(Cc1cccnc1)C(=O)OCC. The van der Waals surface area contributed by atoms with Crippen molar-refractivity contribution in [2.45, 2.75) is 13.3 Å². The number of ether oxygens (including phenoxy) is 1. The Morgan fingerprint density at radius 3 is 3.00 bits per heavy atom. The van der Waals surface area contributed by atoms with Gasteiger partial charge in [-0.05, 0) is 18.6 Å². The van der Waals surface area contributed by atoms with Crippen LogP contribution in [0.4, 0.5) is 0 Å². The molecule has 1 heterocycles. The Labute approximate surface area is 83.4 Å². The van der Waals surface area contributed by atoms with Crippen molar-refractivity contribution in [2.24, 2.45) is 0 Å². The Morgan fingerprint density at radius 1 is 1.64 bits per heavy atom. The Bertz CT molecular complexity index is 319. The fourth-order valence-corrected chi connectivity index (χ4v) is 1.05. The average Bonchev–Trinajstić information content (AvgIpc) is 2.19. The van der Waals surface area contributed by atoms with Crippen LogP contribution in [0.1, 0.15) is 12.5 Å². The first kappa shape index (κ1) is 10.4. The van der Waals surface area contributed by atoms with Gasteiger partial charge in [-0.15, -0.1) is 0 Å². The Balaban J connectivity index is 2.53. The summed E-state index contributed by atoms with van der Waals surface area (Å²) in [7, 11) is 0. The summed E-state index contributed by atoms with van der Waals surface area (Å²) in [5.41, 5.74) is 1.42. The number of esters is 1. The van der Waals surface area contributed by atoms with Gasteiger partial charge in [0.15, 0.2) is 0 Å². The van der Waals surface area contributed by atoms with E-state index < -0.39 is 0 Å². The maximum absolute atomic E-state index is 11.2. The molecule has 0 saturated heterocycles. The molecule has 3 nitrogen and oxygen atoms in total. The summed E-state index contributed by atoms with van der Waals surface area (Å²) in [4.78, 5) is 15.2. The van der Waals surface area contributed by atoms with Crippen LogP contribution >= 0.6 is 0 Å². The molecule has 0 aliphatic heterocycles. The first-order valence-electron chi connectivity index (χ1n) is 4.48. The van der Waals surface area contributed by atoms with Crippen molar-refractivity contribution >= 4 is 5.97 Å².